The van der Waals surface area contributed by atoms with Crippen LogP contribution in [0.4, 0.5) is 0 Å². The highest BCUT2D eigenvalue weighted by molar-refractivity contribution is 7.89. The second-order valence-corrected chi connectivity index (χ2v) is 5.87. The zero-order valence-corrected chi connectivity index (χ0v) is 11.5. The molecular formula is C12H15N3O3S. The van der Waals surface area contributed by atoms with Gasteiger partial charge in [0.05, 0.1) is 10.6 Å². The molecule has 0 amide bonds. The lowest BCUT2D eigenvalue weighted by Crippen LogP contribution is -2.23. The van der Waals surface area contributed by atoms with Crippen LogP contribution in [-0.2, 0) is 10.0 Å². The van der Waals surface area contributed by atoms with Gasteiger partial charge in [-0.15, -0.1) is 0 Å². The van der Waals surface area contributed by atoms with Gasteiger partial charge in [0.15, 0.2) is 0 Å². The topological polar surface area (TPSA) is 84.0 Å². The van der Waals surface area contributed by atoms with Crippen molar-refractivity contribution in [3.63, 3.8) is 0 Å². The van der Waals surface area contributed by atoms with E-state index in [0.29, 0.717) is 12.2 Å². The number of benzene rings is 1. The van der Waals surface area contributed by atoms with Gasteiger partial charge in [0.25, 0.3) is 5.56 Å². The van der Waals surface area contributed by atoms with Gasteiger partial charge in [0.2, 0.25) is 10.0 Å². The average molecular weight is 281 g/mol. The van der Waals surface area contributed by atoms with Crippen LogP contribution in [0.5, 0.6) is 0 Å². The van der Waals surface area contributed by atoms with Gasteiger partial charge in [0.1, 0.15) is 0 Å². The Labute approximate surface area is 111 Å². The van der Waals surface area contributed by atoms with Crippen molar-refractivity contribution in [1.82, 2.24) is 14.5 Å². The van der Waals surface area contributed by atoms with Crippen molar-refractivity contribution in [2.45, 2.75) is 18.7 Å². The van der Waals surface area contributed by atoms with E-state index in [0.717, 1.165) is 5.69 Å². The predicted octanol–water partition coefficient (Wildman–Crippen LogP) is 0.772. The van der Waals surface area contributed by atoms with Crippen LogP contribution < -0.4 is 10.3 Å². The summed E-state index contributed by atoms with van der Waals surface area (Å²) in [5.74, 6) is 0. The summed E-state index contributed by atoms with van der Waals surface area (Å²) in [4.78, 5) is 11.8. The lowest BCUT2D eigenvalue weighted by Gasteiger charge is -2.06. The van der Waals surface area contributed by atoms with E-state index in [9.17, 15) is 13.2 Å². The number of aromatic nitrogens is 2. The Hall–Kier alpha value is -1.86. The van der Waals surface area contributed by atoms with Gasteiger partial charge in [-0.2, -0.15) is 0 Å². The Balaban J connectivity index is 2.39. The fourth-order valence-electron chi connectivity index (χ4n) is 1.75. The molecule has 2 aromatic rings. The molecule has 102 valence electrons. The molecule has 0 spiro atoms. The molecule has 0 atom stereocenters. The van der Waals surface area contributed by atoms with Crippen molar-refractivity contribution >= 4 is 10.0 Å². The maximum absolute atomic E-state index is 11.8. The van der Waals surface area contributed by atoms with Crippen LogP contribution in [-0.4, -0.2) is 24.7 Å². The third-order valence-electron chi connectivity index (χ3n) is 2.59. The first kappa shape index (κ1) is 13.6. The summed E-state index contributed by atoms with van der Waals surface area (Å²) in [7, 11) is -3.46. The summed E-state index contributed by atoms with van der Waals surface area (Å²) in [5, 5.41) is 2.88. The SMILES string of the molecule is CCNS(=O)(=O)c1ccc(-n2[nH]c(C)cc2=O)cc1. The first-order valence-electron chi connectivity index (χ1n) is 5.83. The van der Waals surface area contributed by atoms with E-state index in [1.807, 2.05) is 0 Å². The standard InChI is InChI=1S/C12H15N3O3S/c1-3-13-19(17,18)11-6-4-10(5-7-11)15-12(16)8-9(2)14-15/h4-8,13-14H,3H2,1-2H3. The van der Waals surface area contributed by atoms with Crippen molar-refractivity contribution in [2.75, 3.05) is 6.54 Å². The van der Waals surface area contributed by atoms with Crippen LogP contribution in [0, 0.1) is 6.92 Å². The number of aryl methyl sites for hydroxylation is 1. The monoisotopic (exact) mass is 281 g/mol. The van der Waals surface area contributed by atoms with Crippen molar-refractivity contribution in [1.29, 1.82) is 0 Å². The predicted molar refractivity (Wildman–Crippen MR) is 72.0 cm³/mol. The van der Waals surface area contributed by atoms with Crippen LogP contribution in [0.1, 0.15) is 12.6 Å². The molecule has 7 heteroatoms. The summed E-state index contributed by atoms with van der Waals surface area (Å²) in [5.41, 5.74) is 1.16. The molecule has 0 radical (unpaired) electrons. The van der Waals surface area contributed by atoms with Gasteiger partial charge >= 0.3 is 0 Å². The van der Waals surface area contributed by atoms with E-state index < -0.39 is 10.0 Å². The zero-order valence-electron chi connectivity index (χ0n) is 10.7. The van der Waals surface area contributed by atoms with E-state index in [1.165, 1.54) is 22.9 Å². The first-order valence-corrected chi connectivity index (χ1v) is 7.31. The van der Waals surface area contributed by atoms with Gasteiger partial charge < -0.3 is 0 Å². The Morgan fingerprint density at radius 2 is 1.89 bits per heavy atom. The number of H-pyrrole nitrogens is 1. The van der Waals surface area contributed by atoms with Crippen LogP contribution in [0.15, 0.2) is 40.0 Å². The Morgan fingerprint density at radius 3 is 2.37 bits per heavy atom. The minimum absolute atomic E-state index is 0.175. The molecule has 0 unspecified atom stereocenters. The minimum Gasteiger partial charge on any atom is -0.295 e. The van der Waals surface area contributed by atoms with E-state index in [4.69, 9.17) is 0 Å². The highest BCUT2D eigenvalue weighted by Crippen LogP contribution is 2.12. The van der Waals surface area contributed by atoms with E-state index in [2.05, 4.69) is 9.82 Å². The molecule has 6 nitrogen and oxygen atoms in total. The lowest BCUT2D eigenvalue weighted by molar-refractivity contribution is 0.584. The smallest absolute Gasteiger partial charge is 0.271 e. The third-order valence-corrected chi connectivity index (χ3v) is 4.15. The van der Waals surface area contributed by atoms with Crippen LogP contribution in [0.2, 0.25) is 0 Å². The molecule has 0 aliphatic heterocycles. The first-order chi connectivity index (χ1) is 8.94. The fourth-order valence-corrected chi connectivity index (χ4v) is 2.79. The molecule has 2 rings (SSSR count). The van der Waals surface area contributed by atoms with E-state index >= 15 is 0 Å². The average Bonchev–Trinajstić information content (AvgIpc) is 2.68. The highest BCUT2D eigenvalue weighted by atomic mass is 32.2. The maximum Gasteiger partial charge on any atom is 0.271 e. The normalized spacial score (nSPS) is 11.7. The molecule has 0 saturated heterocycles. The largest absolute Gasteiger partial charge is 0.295 e. The summed E-state index contributed by atoms with van der Waals surface area (Å²) < 4.78 is 27.3. The molecule has 19 heavy (non-hydrogen) atoms. The molecule has 1 aromatic heterocycles. The molecule has 0 bridgehead atoms. The zero-order chi connectivity index (χ0) is 14.0. The quantitative estimate of drug-likeness (QED) is 0.868. The summed E-state index contributed by atoms with van der Waals surface area (Å²) >= 11 is 0. The molecule has 1 heterocycles. The molecule has 1 aromatic carbocycles. The number of hydrogen-bond donors (Lipinski definition) is 2. The van der Waals surface area contributed by atoms with Gasteiger partial charge in [0, 0.05) is 18.3 Å². The van der Waals surface area contributed by atoms with Gasteiger partial charge in [-0.3, -0.25) is 9.89 Å². The number of nitrogens with zero attached hydrogens (tertiary/aromatic N) is 1. The molecule has 0 aliphatic carbocycles. The number of sulfonamides is 1. The van der Waals surface area contributed by atoms with Gasteiger partial charge in [-0.25, -0.2) is 17.8 Å². The van der Waals surface area contributed by atoms with Crippen molar-refractivity contribution in [3.05, 3.63) is 46.4 Å². The summed E-state index contributed by atoms with van der Waals surface area (Å²) in [6.45, 7) is 3.83. The number of nitrogens with one attached hydrogen (secondary N) is 2. The minimum atomic E-state index is -3.46. The van der Waals surface area contributed by atoms with E-state index in [-0.39, 0.29) is 10.5 Å². The van der Waals surface area contributed by atoms with Crippen molar-refractivity contribution in [3.8, 4) is 5.69 Å². The van der Waals surface area contributed by atoms with Crippen LogP contribution >= 0.6 is 0 Å². The second kappa shape index (κ2) is 5.02. The van der Waals surface area contributed by atoms with Crippen LogP contribution in [0.3, 0.4) is 0 Å². The number of aromatic amines is 1. The van der Waals surface area contributed by atoms with Crippen molar-refractivity contribution < 1.29 is 8.42 Å². The number of hydrogen-bond acceptors (Lipinski definition) is 3. The van der Waals surface area contributed by atoms with Crippen LogP contribution in [0.25, 0.3) is 5.69 Å². The molecular weight excluding hydrogens is 266 g/mol. The number of rotatable bonds is 4. The Kier molecular flexibility index (Phi) is 3.59. The van der Waals surface area contributed by atoms with E-state index in [1.54, 1.807) is 26.0 Å². The second-order valence-electron chi connectivity index (χ2n) is 4.11. The molecule has 0 saturated carbocycles. The highest BCUT2D eigenvalue weighted by Gasteiger charge is 2.12. The van der Waals surface area contributed by atoms with Gasteiger partial charge in [-0.05, 0) is 31.2 Å². The summed E-state index contributed by atoms with van der Waals surface area (Å²) in [6.07, 6.45) is 0. The Morgan fingerprint density at radius 1 is 1.26 bits per heavy atom. The fraction of sp³-hybridized carbons (Fsp3) is 0.250. The van der Waals surface area contributed by atoms with Gasteiger partial charge in [-0.1, -0.05) is 6.92 Å². The Bertz CT molecular complexity index is 726. The third kappa shape index (κ3) is 2.77. The molecule has 0 fully saturated rings. The summed E-state index contributed by atoms with van der Waals surface area (Å²) in [6, 6.07) is 7.58. The van der Waals surface area contributed by atoms with Crippen molar-refractivity contribution in [2.24, 2.45) is 0 Å². The molecule has 0 aliphatic rings. The molecule has 2 N–H and O–H groups in total. The maximum atomic E-state index is 11.8. The lowest BCUT2D eigenvalue weighted by atomic mass is 10.3.